The summed E-state index contributed by atoms with van der Waals surface area (Å²) in [6.07, 6.45) is -5.48. The van der Waals surface area contributed by atoms with Gasteiger partial charge in [-0.15, -0.1) is 0 Å². The zero-order chi connectivity index (χ0) is 13.3. The third-order valence-electron chi connectivity index (χ3n) is 2.76. The van der Waals surface area contributed by atoms with Gasteiger partial charge >= 0.3 is 6.18 Å². The first-order valence-electron chi connectivity index (χ1n) is 5.40. The van der Waals surface area contributed by atoms with Crippen molar-refractivity contribution in [2.75, 3.05) is 0 Å². The molecule has 0 aromatic heterocycles. The Hall–Kier alpha value is -1.59. The molecule has 0 saturated heterocycles. The molecule has 0 aliphatic heterocycles. The molecule has 0 amide bonds. The van der Waals surface area contributed by atoms with Crippen molar-refractivity contribution >= 4 is 6.29 Å². The molecular weight excluding hydrogens is 252 g/mol. The van der Waals surface area contributed by atoms with Gasteiger partial charge in [0.05, 0.1) is 5.56 Å². The number of aldehydes is 1. The second-order valence-corrected chi connectivity index (χ2v) is 4.19. The number of carbonyl (C=O) groups is 1. The second-order valence-electron chi connectivity index (χ2n) is 4.19. The number of ether oxygens (including phenoxy) is 1. The summed E-state index contributed by atoms with van der Waals surface area (Å²) in [7, 11) is 0. The number of alkyl halides is 3. The minimum Gasteiger partial charge on any atom is -0.480 e. The summed E-state index contributed by atoms with van der Waals surface area (Å²) in [6, 6.07) is 3.36. The molecule has 1 aliphatic carbocycles. The first-order valence-corrected chi connectivity index (χ1v) is 5.40. The molecule has 1 aromatic carbocycles. The van der Waals surface area contributed by atoms with Crippen LogP contribution in [-0.2, 0) is 0 Å². The third-order valence-corrected chi connectivity index (χ3v) is 2.76. The van der Waals surface area contributed by atoms with Crippen LogP contribution in [0, 0.1) is 11.7 Å². The maximum atomic E-state index is 13.2. The molecule has 1 saturated carbocycles. The number of rotatable bonds is 4. The van der Waals surface area contributed by atoms with Crippen molar-refractivity contribution in [2.24, 2.45) is 5.92 Å². The lowest BCUT2D eigenvalue weighted by atomic mass is 10.2. The molecule has 2 rings (SSSR count). The number of halogens is 4. The van der Waals surface area contributed by atoms with Gasteiger partial charge < -0.3 is 4.74 Å². The molecular formula is C12H10F4O2. The van der Waals surface area contributed by atoms with Crippen LogP contribution in [0.5, 0.6) is 5.75 Å². The van der Waals surface area contributed by atoms with E-state index < -0.39 is 29.6 Å². The van der Waals surface area contributed by atoms with Gasteiger partial charge in [-0.2, -0.15) is 13.2 Å². The largest absolute Gasteiger partial charge is 0.480 e. The average molecular weight is 262 g/mol. The predicted molar refractivity (Wildman–Crippen MR) is 55.0 cm³/mol. The van der Waals surface area contributed by atoms with Crippen LogP contribution in [0.4, 0.5) is 17.6 Å². The summed E-state index contributed by atoms with van der Waals surface area (Å²) in [5, 5.41) is 0. The molecule has 0 bridgehead atoms. The summed E-state index contributed by atoms with van der Waals surface area (Å²) in [6.45, 7) is 0. The predicted octanol–water partition coefficient (Wildman–Crippen LogP) is 3.36. The van der Waals surface area contributed by atoms with Crippen LogP contribution in [0.2, 0.25) is 0 Å². The maximum Gasteiger partial charge on any atom is 0.425 e. The average Bonchev–Trinajstić information content (AvgIpc) is 3.08. The van der Waals surface area contributed by atoms with Gasteiger partial charge in [-0.1, -0.05) is 6.07 Å². The molecule has 6 heteroatoms. The van der Waals surface area contributed by atoms with E-state index in [0.717, 1.165) is 12.1 Å². The van der Waals surface area contributed by atoms with Crippen LogP contribution in [-0.4, -0.2) is 18.6 Å². The van der Waals surface area contributed by atoms with Crippen LogP contribution in [0.3, 0.4) is 0 Å². The summed E-state index contributed by atoms with van der Waals surface area (Å²) < 4.78 is 56.2. The lowest BCUT2D eigenvalue weighted by Crippen LogP contribution is -2.36. The van der Waals surface area contributed by atoms with Crippen LogP contribution < -0.4 is 4.74 Å². The van der Waals surface area contributed by atoms with Gasteiger partial charge in [0, 0.05) is 5.92 Å². The van der Waals surface area contributed by atoms with Crippen LogP contribution in [0.25, 0.3) is 0 Å². The van der Waals surface area contributed by atoms with E-state index >= 15 is 0 Å². The molecule has 1 aromatic rings. The van der Waals surface area contributed by atoms with E-state index in [1.54, 1.807) is 0 Å². The second kappa shape index (κ2) is 4.59. The quantitative estimate of drug-likeness (QED) is 0.614. The van der Waals surface area contributed by atoms with Gasteiger partial charge in [0.1, 0.15) is 11.6 Å². The standard InChI is InChI=1S/C12H10F4O2/c13-9-2-1-3-10(8(9)6-17)18-11(7-4-5-7)12(14,15)16/h1-3,6-7,11H,4-5H2. The number of hydrogen-bond acceptors (Lipinski definition) is 2. The minimum absolute atomic E-state index is 0.158. The Balaban J connectivity index is 2.27. The molecule has 1 atom stereocenters. The van der Waals surface area contributed by atoms with Crippen LogP contribution in [0.15, 0.2) is 18.2 Å². The molecule has 0 N–H and O–H groups in total. The van der Waals surface area contributed by atoms with Crippen LogP contribution >= 0.6 is 0 Å². The highest BCUT2D eigenvalue weighted by Crippen LogP contribution is 2.42. The molecule has 1 fully saturated rings. The Morgan fingerprint density at radius 2 is 2.00 bits per heavy atom. The Labute approximate surface area is 101 Å². The fraction of sp³-hybridized carbons (Fsp3) is 0.417. The number of carbonyl (C=O) groups excluding carboxylic acids is 1. The summed E-state index contributed by atoms with van der Waals surface area (Å²) >= 11 is 0. The van der Waals surface area contributed by atoms with E-state index in [2.05, 4.69) is 0 Å². The van der Waals surface area contributed by atoms with Crippen molar-refractivity contribution in [3.8, 4) is 5.75 Å². The zero-order valence-corrected chi connectivity index (χ0v) is 9.21. The van der Waals surface area contributed by atoms with Crippen molar-refractivity contribution in [2.45, 2.75) is 25.1 Å². The van der Waals surface area contributed by atoms with Crippen molar-refractivity contribution in [1.82, 2.24) is 0 Å². The number of hydrogen-bond donors (Lipinski definition) is 0. The van der Waals surface area contributed by atoms with E-state index in [9.17, 15) is 22.4 Å². The van der Waals surface area contributed by atoms with Gasteiger partial charge in [0.15, 0.2) is 12.4 Å². The third kappa shape index (κ3) is 2.63. The Bertz CT molecular complexity index is 452. The van der Waals surface area contributed by atoms with E-state index in [4.69, 9.17) is 4.74 Å². The van der Waals surface area contributed by atoms with E-state index in [1.807, 2.05) is 0 Å². The zero-order valence-electron chi connectivity index (χ0n) is 9.21. The van der Waals surface area contributed by atoms with Crippen molar-refractivity contribution in [3.05, 3.63) is 29.6 Å². The van der Waals surface area contributed by atoms with Gasteiger partial charge in [0.25, 0.3) is 0 Å². The molecule has 1 aliphatic rings. The molecule has 18 heavy (non-hydrogen) atoms. The lowest BCUT2D eigenvalue weighted by molar-refractivity contribution is -0.201. The highest BCUT2D eigenvalue weighted by molar-refractivity contribution is 5.79. The normalized spacial score (nSPS) is 17.3. The van der Waals surface area contributed by atoms with Gasteiger partial charge in [-0.05, 0) is 25.0 Å². The highest BCUT2D eigenvalue weighted by Gasteiger charge is 2.51. The molecule has 0 spiro atoms. The summed E-state index contributed by atoms with van der Waals surface area (Å²) in [4.78, 5) is 10.7. The SMILES string of the molecule is O=Cc1c(F)cccc1OC(C1CC1)C(F)(F)F. The minimum atomic E-state index is -4.52. The highest BCUT2D eigenvalue weighted by atomic mass is 19.4. The van der Waals surface area contributed by atoms with E-state index in [-0.39, 0.29) is 12.0 Å². The molecule has 2 nitrogen and oxygen atoms in total. The monoisotopic (exact) mass is 262 g/mol. The Morgan fingerprint density at radius 3 is 2.50 bits per heavy atom. The fourth-order valence-corrected chi connectivity index (χ4v) is 1.70. The molecule has 0 radical (unpaired) electrons. The Morgan fingerprint density at radius 1 is 1.33 bits per heavy atom. The first kappa shape index (κ1) is 12.9. The molecule has 1 unspecified atom stereocenters. The molecule has 98 valence electrons. The topological polar surface area (TPSA) is 26.3 Å². The van der Waals surface area contributed by atoms with Gasteiger partial charge in [-0.3, -0.25) is 4.79 Å². The lowest BCUT2D eigenvalue weighted by Gasteiger charge is -2.22. The maximum absolute atomic E-state index is 13.2. The van der Waals surface area contributed by atoms with Gasteiger partial charge in [0.2, 0.25) is 0 Å². The van der Waals surface area contributed by atoms with Crippen molar-refractivity contribution in [1.29, 1.82) is 0 Å². The van der Waals surface area contributed by atoms with Crippen LogP contribution in [0.1, 0.15) is 23.2 Å². The smallest absolute Gasteiger partial charge is 0.425 e. The summed E-state index contributed by atoms with van der Waals surface area (Å²) in [5.74, 6) is -1.86. The Kier molecular flexibility index (Phi) is 3.28. The molecule has 0 heterocycles. The van der Waals surface area contributed by atoms with Gasteiger partial charge in [-0.25, -0.2) is 4.39 Å². The van der Waals surface area contributed by atoms with Crippen molar-refractivity contribution < 1.29 is 27.1 Å². The number of benzene rings is 1. The first-order chi connectivity index (χ1) is 8.43. The fourth-order valence-electron chi connectivity index (χ4n) is 1.70. The van der Waals surface area contributed by atoms with E-state index in [0.29, 0.717) is 12.8 Å². The van der Waals surface area contributed by atoms with Crippen molar-refractivity contribution in [3.63, 3.8) is 0 Å². The van der Waals surface area contributed by atoms with E-state index in [1.165, 1.54) is 6.07 Å². The summed E-state index contributed by atoms with van der Waals surface area (Å²) in [5.41, 5.74) is -0.479.